The summed E-state index contributed by atoms with van der Waals surface area (Å²) in [6, 6.07) is 10.3. The number of halogens is 2. The third-order valence-corrected chi connectivity index (χ3v) is 5.40. The van der Waals surface area contributed by atoms with Gasteiger partial charge in [-0.15, -0.1) is 0 Å². The lowest BCUT2D eigenvalue weighted by Gasteiger charge is -2.24. The van der Waals surface area contributed by atoms with Crippen LogP contribution in [0.2, 0.25) is 0 Å². The summed E-state index contributed by atoms with van der Waals surface area (Å²) in [7, 11) is 2.11. The van der Waals surface area contributed by atoms with Crippen molar-refractivity contribution in [3.05, 3.63) is 71.6 Å². The Bertz CT molecular complexity index is 957. The number of pyridine rings is 2. The molecule has 146 valence electrons. The standard InChI is InChI=1S/C22H24F2N4/c1-27-10-11-28(15-18-4-2-5-19(23)21(18)24)14-16(13-27)12-17-7-9-25-20-6-3-8-26-22(17)20/h2-9,16H,10-15H2,1H3. The molecule has 1 unspecified atom stereocenters. The first kappa shape index (κ1) is 18.9. The second kappa shape index (κ2) is 8.29. The molecule has 1 aliphatic heterocycles. The predicted octanol–water partition coefficient (Wildman–Crippen LogP) is 3.51. The summed E-state index contributed by atoms with van der Waals surface area (Å²) in [6.07, 6.45) is 4.51. The van der Waals surface area contributed by atoms with Crippen LogP contribution in [-0.2, 0) is 13.0 Å². The minimum Gasteiger partial charge on any atom is -0.305 e. The third kappa shape index (κ3) is 4.18. The Morgan fingerprint density at radius 3 is 2.75 bits per heavy atom. The minimum absolute atomic E-state index is 0.372. The molecular formula is C22H24F2N4. The zero-order valence-electron chi connectivity index (χ0n) is 16.0. The monoisotopic (exact) mass is 382 g/mol. The van der Waals surface area contributed by atoms with Crippen LogP contribution in [0.5, 0.6) is 0 Å². The van der Waals surface area contributed by atoms with Crippen molar-refractivity contribution in [2.45, 2.75) is 13.0 Å². The van der Waals surface area contributed by atoms with E-state index in [0.29, 0.717) is 18.0 Å². The largest absolute Gasteiger partial charge is 0.305 e. The number of aromatic nitrogens is 2. The molecule has 3 heterocycles. The number of fused-ring (bicyclic) bond motifs is 1. The molecule has 0 spiro atoms. The molecule has 4 nitrogen and oxygen atoms in total. The van der Waals surface area contributed by atoms with Crippen molar-refractivity contribution in [2.75, 3.05) is 33.2 Å². The number of hydrogen-bond donors (Lipinski definition) is 0. The highest BCUT2D eigenvalue weighted by atomic mass is 19.2. The normalized spacial score (nSPS) is 19.0. The van der Waals surface area contributed by atoms with E-state index in [9.17, 15) is 8.78 Å². The molecule has 0 N–H and O–H groups in total. The summed E-state index contributed by atoms with van der Waals surface area (Å²) in [5.41, 5.74) is 3.45. The lowest BCUT2D eigenvalue weighted by molar-refractivity contribution is 0.245. The van der Waals surface area contributed by atoms with Crippen LogP contribution in [0.25, 0.3) is 11.0 Å². The van der Waals surface area contributed by atoms with E-state index in [1.54, 1.807) is 18.3 Å². The van der Waals surface area contributed by atoms with Crippen LogP contribution in [0.3, 0.4) is 0 Å². The molecule has 2 aromatic heterocycles. The van der Waals surface area contributed by atoms with Gasteiger partial charge in [-0.3, -0.25) is 14.9 Å². The fraction of sp³-hybridized carbons (Fsp3) is 0.364. The number of rotatable bonds is 4. The van der Waals surface area contributed by atoms with Gasteiger partial charge in [0.15, 0.2) is 11.6 Å². The van der Waals surface area contributed by atoms with Gasteiger partial charge in [-0.05, 0) is 49.2 Å². The maximum Gasteiger partial charge on any atom is 0.163 e. The van der Waals surface area contributed by atoms with Crippen LogP contribution in [0, 0.1) is 17.6 Å². The minimum atomic E-state index is -0.782. The van der Waals surface area contributed by atoms with Crippen molar-refractivity contribution in [1.29, 1.82) is 0 Å². The highest BCUT2D eigenvalue weighted by Crippen LogP contribution is 2.22. The van der Waals surface area contributed by atoms with E-state index < -0.39 is 11.6 Å². The quantitative estimate of drug-likeness (QED) is 0.691. The molecular weight excluding hydrogens is 358 g/mol. The van der Waals surface area contributed by atoms with Gasteiger partial charge in [0.25, 0.3) is 0 Å². The Kier molecular flexibility index (Phi) is 5.59. The van der Waals surface area contributed by atoms with Crippen molar-refractivity contribution in [3.63, 3.8) is 0 Å². The summed E-state index contributed by atoms with van der Waals surface area (Å²) in [5, 5.41) is 0. The van der Waals surface area contributed by atoms with Gasteiger partial charge >= 0.3 is 0 Å². The molecule has 4 rings (SSSR count). The molecule has 1 saturated heterocycles. The molecule has 1 aliphatic rings. The second-order valence-electron chi connectivity index (χ2n) is 7.62. The van der Waals surface area contributed by atoms with Crippen molar-refractivity contribution >= 4 is 11.0 Å². The van der Waals surface area contributed by atoms with Gasteiger partial charge in [-0.25, -0.2) is 8.78 Å². The van der Waals surface area contributed by atoms with Gasteiger partial charge in [0.2, 0.25) is 0 Å². The van der Waals surface area contributed by atoms with E-state index in [4.69, 9.17) is 0 Å². The van der Waals surface area contributed by atoms with E-state index >= 15 is 0 Å². The Morgan fingerprint density at radius 2 is 1.86 bits per heavy atom. The van der Waals surface area contributed by atoms with Crippen molar-refractivity contribution in [3.8, 4) is 0 Å². The zero-order chi connectivity index (χ0) is 19.5. The smallest absolute Gasteiger partial charge is 0.163 e. The van der Waals surface area contributed by atoms with Crippen LogP contribution in [-0.4, -0.2) is 53.0 Å². The SMILES string of the molecule is CN1CCN(Cc2cccc(F)c2F)CC(Cc2ccnc3cccnc23)C1. The van der Waals surface area contributed by atoms with Gasteiger partial charge < -0.3 is 4.90 Å². The molecule has 1 atom stereocenters. The van der Waals surface area contributed by atoms with E-state index in [2.05, 4.69) is 26.8 Å². The van der Waals surface area contributed by atoms with Gasteiger partial charge in [0.1, 0.15) is 0 Å². The number of nitrogens with zero attached hydrogens (tertiary/aromatic N) is 4. The molecule has 28 heavy (non-hydrogen) atoms. The molecule has 6 heteroatoms. The average Bonchev–Trinajstić information content (AvgIpc) is 2.86. The third-order valence-electron chi connectivity index (χ3n) is 5.40. The van der Waals surface area contributed by atoms with E-state index in [-0.39, 0.29) is 0 Å². The summed E-state index contributed by atoms with van der Waals surface area (Å²) >= 11 is 0. The van der Waals surface area contributed by atoms with E-state index in [1.807, 2.05) is 24.4 Å². The molecule has 3 aromatic rings. The maximum atomic E-state index is 14.1. The Labute approximate surface area is 163 Å². The fourth-order valence-corrected chi connectivity index (χ4v) is 4.05. The van der Waals surface area contributed by atoms with Crippen LogP contribution < -0.4 is 0 Å². The second-order valence-corrected chi connectivity index (χ2v) is 7.62. The zero-order valence-corrected chi connectivity index (χ0v) is 16.0. The number of likely N-dealkylation sites (N-methyl/N-ethyl adjacent to an activating group) is 1. The van der Waals surface area contributed by atoms with Gasteiger partial charge in [-0.1, -0.05) is 12.1 Å². The Hall–Kier alpha value is -2.44. The Morgan fingerprint density at radius 1 is 0.964 bits per heavy atom. The number of hydrogen-bond acceptors (Lipinski definition) is 4. The van der Waals surface area contributed by atoms with Crippen LogP contribution in [0.15, 0.2) is 48.8 Å². The van der Waals surface area contributed by atoms with Gasteiger partial charge in [0.05, 0.1) is 11.0 Å². The first-order valence-corrected chi connectivity index (χ1v) is 9.62. The van der Waals surface area contributed by atoms with Crippen molar-refractivity contribution in [1.82, 2.24) is 19.8 Å². The summed E-state index contributed by atoms with van der Waals surface area (Å²) in [4.78, 5) is 13.4. The topological polar surface area (TPSA) is 32.3 Å². The predicted molar refractivity (Wildman–Crippen MR) is 106 cm³/mol. The highest BCUT2D eigenvalue weighted by molar-refractivity contribution is 5.77. The van der Waals surface area contributed by atoms with E-state index in [1.165, 1.54) is 11.6 Å². The van der Waals surface area contributed by atoms with Crippen LogP contribution >= 0.6 is 0 Å². The van der Waals surface area contributed by atoms with E-state index in [0.717, 1.165) is 43.6 Å². The molecule has 1 aromatic carbocycles. The molecule has 1 fully saturated rings. The van der Waals surface area contributed by atoms with Crippen molar-refractivity contribution < 1.29 is 8.78 Å². The lowest BCUT2D eigenvalue weighted by Crippen LogP contribution is -2.31. The summed E-state index contributed by atoms with van der Waals surface area (Å²) in [6.45, 7) is 3.94. The first-order chi connectivity index (χ1) is 13.6. The molecule has 0 aliphatic carbocycles. The van der Waals surface area contributed by atoms with Gasteiger partial charge in [-0.2, -0.15) is 0 Å². The fourth-order valence-electron chi connectivity index (χ4n) is 4.05. The summed E-state index contributed by atoms with van der Waals surface area (Å²) < 4.78 is 27.7. The molecule has 0 saturated carbocycles. The molecule has 0 radical (unpaired) electrons. The van der Waals surface area contributed by atoms with Crippen LogP contribution in [0.4, 0.5) is 8.78 Å². The van der Waals surface area contributed by atoms with Gasteiger partial charge in [0, 0.05) is 50.7 Å². The average molecular weight is 382 g/mol. The lowest BCUT2D eigenvalue weighted by atomic mass is 9.97. The first-order valence-electron chi connectivity index (χ1n) is 9.62. The maximum absolute atomic E-state index is 14.1. The highest BCUT2D eigenvalue weighted by Gasteiger charge is 2.23. The van der Waals surface area contributed by atoms with Crippen LogP contribution in [0.1, 0.15) is 11.1 Å². The summed E-state index contributed by atoms with van der Waals surface area (Å²) in [5.74, 6) is -1.15. The Balaban J connectivity index is 1.54. The van der Waals surface area contributed by atoms with Crippen molar-refractivity contribution in [2.24, 2.45) is 5.92 Å². The molecule has 0 bridgehead atoms. The molecule has 0 amide bonds. The number of benzene rings is 1.